The van der Waals surface area contributed by atoms with Gasteiger partial charge in [-0.1, -0.05) is 67.0 Å². The Kier molecular flexibility index (Phi) is 11.0. The van der Waals surface area contributed by atoms with Gasteiger partial charge in [0.25, 0.3) is 5.56 Å². The second-order valence-electron chi connectivity index (χ2n) is 12.6. The zero-order valence-electron chi connectivity index (χ0n) is 26.2. The Labute approximate surface area is 309 Å². The standard InChI is InChI=1S/C34H40N6O5.K.H/c1-5-8-29-28(19-22-11-13-23(14-12-22)26-9-6-7-10-27(26)30-36-33(42)45-38-30)31(41)39(32-35-21(2)37-40(29)32)24-15-17-25(18-16-24)44-20-34(3,4)43;;/h6-7,9-14,24-25,43H,5,8,15-20H2,1-4H3,(H,36,38,42);;/t24-,25-;;. The van der Waals surface area contributed by atoms with Crippen LogP contribution in [0.15, 0.2) is 62.6 Å². The second-order valence-corrected chi connectivity index (χ2v) is 12.6. The molecule has 3 heterocycles. The molecule has 0 atom stereocenters. The molecule has 238 valence electrons. The average molecular weight is 653 g/mol. The number of rotatable bonds is 10. The van der Waals surface area contributed by atoms with E-state index in [1.54, 1.807) is 13.8 Å². The number of aryl methyl sites for hydroxylation is 2. The minimum atomic E-state index is -0.873. The molecule has 1 aliphatic rings. The van der Waals surface area contributed by atoms with Crippen molar-refractivity contribution in [2.24, 2.45) is 0 Å². The van der Waals surface area contributed by atoms with Crippen molar-refractivity contribution in [2.45, 2.75) is 90.4 Å². The van der Waals surface area contributed by atoms with Crippen LogP contribution in [0.3, 0.4) is 0 Å². The number of aliphatic hydroxyl groups is 1. The minimum absolute atomic E-state index is 0. The fourth-order valence-electron chi connectivity index (χ4n) is 6.31. The molecule has 1 aliphatic carbocycles. The van der Waals surface area contributed by atoms with E-state index < -0.39 is 11.4 Å². The molecule has 2 N–H and O–H groups in total. The quantitative estimate of drug-likeness (QED) is 0.212. The molecule has 11 nitrogen and oxygen atoms in total. The van der Waals surface area contributed by atoms with E-state index in [0.717, 1.165) is 65.6 Å². The number of nitrogens with one attached hydrogen (secondary N) is 1. The zero-order valence-corrected chi connectivity index (χ0v) is 26.2. The summed E-state index contributed by atoms with van der Waals surface area (Å²) in [6, 6.07) is 15.8. The first-order chi connectivity index (χ1) is 21.6. The molecule has 0 radical (unpaired) electrons. The summed E-state index contributed by atoms with van der Waals surface area (Å²) in [4.78, 5) is 33.3. The van der Waals surface area contributed by atoms with Crippen LogP contribution in [-0.4, -0.2) is 104 Å². The van der Waals surface area contributed by atoms with Crippen molar-refractivity contribution in [2.75, 3.05) is 6.61 Å². The van der Waals surface area contributed by atoms with Crippen LogP contribution in [0.1, 0.15) is 81.6 Å². The van der Waals surface area contributed by atoms with Crippen LogP contribution in [0.5, 0.6) is 0 Å². The predicted octanol–water partition coefficient (Wildman–Crippen LogP) is 4.38. The van der Waals surface area contributed by atoms with Crippen molar-refractivity contribution in [1.82, 2.24) is 29.3 Å². The van der Waals surface area contributed by atoms with E-state index in [9.17, 15) is 14.7 Å². The number of H-pyrrole nitrogens is 1. The van der Waals surface area contributed by atoms with Gasteiger partial charge in [-0.2, -0.15) is 10.1 Å². The third-order valence-electron chi connectivity index (χ3n) is 8.43. The van der Waals surface area contributed by atoms with E-state index in [1.165, 1.54) is 0 Å². The fraction of sp³-hybridized carbons (Fsp3) is 0.441. The summed E-state index contributed by atoms with van der Waals surface area (Å²) < 4.78 is 14.5. The predicted molar refractivity (Wildman–Crippen MR) is 177 cm³/mol. The molecule has 1 fully saturated rings. The zero-order chi connectivity index (χ0) is 31.7. The van der Waals surface area contributed by atoms with Crippen molar-refractivity contribution in [3.05, 3.63) is 92.1 Å². The van der Waals surface area contributed by atoms with Gasteiger partial charge in [0.1, 0.15) is 5.82 Å². The molecule has 46 heavy (non-hydrogen) atoms. The third-order valence-corrected chi connectivity index (χ3v) is 8.43. The molecule has 1 saturated carbocycles. The van der Waals surface area contributed by atoms with Crippen LogP contribution in [0.25, 0.3) is 28.3 Å². The summed E-state index contributed by atoms with van der Waals surface area (Å²) in [6.45, 7) is 7.75. The number of aromatic amines is 1. The molecule has 0 amide bonds. The van der Waals surface area contributed by atoms with Gasteiger partial charge in [0.2, 0.25) is 5.78 Å². The summed E-state index contributed by atoms with van der Waals surface area (Å²) in [6.07, 6.45) is 5.30. The Morgan fingerprint density at radius 2 is 1.74 bits per heavy atom. The molecule has 6 rings (SSSR count). The number of benzene rings is 2. The van der Waals surface area contributed by atoms with Gasteiger partial charge < -0.3 is 9.84 Å². The summed E-state index contributed by atoms with van der Waals surface area (Å²) in [7, 11) is 0. The van der Waals surface area contributed by atoms with E-state index in [4.69, 9.17) is 19.3 Å². The van der Waals surface area contributed by atoms with Gasteiger partial charge in [-0.15, -0.1) is 0 Å². The third kappa shape index (κ3) is 7.54. The summed E-state index contributed by atoms with van der Waals surface area (Å²) in [5.74, 6) is 1.01. The van der Waals surface area contributed by atoms with Crippen LogP contribution in [-0.2, 0) is 17.6 Å². The van der Waals surface area contributed by atoms with E-state index in [-0.39, 0.29) is 75.7 Å². The molecule has 5 aromatic rings. The molecule has 0 saturated heterocycles. The Balaban J connectivity index is 0.00000417. The van der Waals surface area contributed by atoms with E-state index in [2.05, 4.69) is 17.1 Å². The number of hydrogen-bond acceptors (Lipinski definition) is 8. The van der Waals surface area contributed by atoms with Crippen LogP contribution in [0.2, 0.25) is 0 Å². The topological polar surface area (TPSA) is 141 Å². The number of hydrogen-bond donors (Lipinski definition) is 2. The SMILES string of the molecule is CCCc1c(Cc2ccc(-c3ccccc3-c3noc(=O)[nH]3)cc2)c(=O)n([C@H]2CC[C@H](OCC(C)(C)O)CC2)c2nc(C)nn12.[KH]. The van der Waals surface area contributed by atoms with Crippen molar-refractivity contribution in [1.29, 1.82) is 0 Å². The van der Waals surface area contributed by atoms with Crippen LogP contribution >= 0.6 is 0 Å². The molecule has 0 aliphatic heterocycles. The van der Waals surface area contributed by atoms with Gasteiger partial charge in [0.05, 0.1) is 24.0 Å². The molecule has 3 aromatic heterocycles. The fourth-order valence-corrected chi connectivity index (χ4v) is 6.31. The van der Waals surface area contributed by atoms with Crippen LogP contribution in [0.4, 0.5) is 0 Å². The van der Waals surface area contributed by atoms with Crippen molar-refractivity contribution < 1.29 is 14.4 Å². The van der Waals surface area contributed by atoms with Gasteiger partial charge in [0.15, 0.2) is 5.82 Å². The molecular weight excluding hydrogens is 612 g/mol. The van der Waals surface area contributed by atoms with Gasteiger partial charge in [0, 0.05) is 23.6 Å². The number of fused-ring (bicyclic) bond motifs is 1. The van der Waals surface area contributed by atoms with Gasteiger partial charge in [-0.3, -0.25) is 18.9 Å². The summed E-state index contributed by atoms with van der Waals surface area (Å²) in [5, 5.41) is 18.7. The van der Waals surface area contributed by atoms with Crippen molar-refractivity contribution in [3.63, 3.8) is 0 Å². The Hall–Kier alpha value is -2.71. The van der Waals surface area contributed by atoms with Crippen molar-refractivity contribution >= 4 is 57.2 Å². The van der Waals surface area contributed by atoms with Gasteiger partial charge in [-0.05, 0) is 69.6 Å². The van der Waals surface area contributed by atoms with E-state index in [0.29, 0.717) is 30.3 Å². The van der Waals surface area contributed by atoms with Crippen LogP contribution in [0, 0.1) is 6.92 Å². The van der Waals surface area contributed by atoms with Crippen LogP contribution < -0.4 is 11.3 Å². The van der Waals surface area contributed by atoms with Gasteiger partial charge >= 0.3 is 57.1 Å². The number of aromatic nitrogens is 6. The molecule has 2 aromatic carbocycles. The van der Waals surface area contributed by atoms with E-state index in [1.807, 2.05) is 64.5 Å². The number of nitrogens with zero attached hydrogens (tertiary/aromatic N) is 5. The Morgan fingerprint density at radius 1 is 1.04 bits per heavy atom. The molecular formula is C34H41KN6O5. The Bertz CT molecular complexity index is 1910. The first-order valence-electron chi connectivity index (χ1n) is 15.7. The average Bonchev–Trinajstić information content (AvgIpc) is 3.63. The number of ether oxygens (including phenoxy) is 1. The second kappa shape index (κ2) is 14.6. The van der Waals surface area contributed by atoms with Gasteiger partial charge in [-0.25, -0.2) is 9.31 Å². The normalized spacial score (nSPS) is 16.9. The molecule has 0 bridgehead atoms. The maximum absolute atomic E-state index is 14.4. The first kappa shape index (κ1) is 34.6. The molecule has 0 spiro atoms. The van der Waals surface area contributed by atoms with Crippen molar-refractivity contribution in [3.8, 4) is 22.5 Å². The molecule has 12 heteroatoms. The first-order valence-corrected chi connectivity index (χ1v) is 15.7. The monoisotopic (exact) mass is 652 g/mol. The molecule has 0 unspecified atom stereocenters. The maximum atomic E-state index is 14.4. The van der Waals surface area contributed by atoms with E-state index >= 15 is 0 Å². The Morgan fingerprint density at radius 3 is 2.37 bits per heavy atom. The summed E-state index contributed by atoms with van der Waals surface area (Å²) in [5.41, 5.74) is 4.39. The summed E-state index contributed by atoms with van der Waals surface area (Å²) >= 11 is 0.